The highest BCUT2D eigenvalue weighted by Gasteiger charge is 2.53. The van der Waals surface area contributed by atoms with Gasteiger partial charge >= 0.3 is 6.03 Å². The Balaban J connectivity index is 1.79. The number of imide groups is 1. The van der Waals surface area contributed by atoms with Gasteiger partial charge < -0.3 is 10.3 Å². The number of aromatic nitrogens is 1. The van der Waals surface area contributed by atoms with Crippen LogP contribution in [0.1, 0.15) is 28.2 Å². The zero-order valence-electron chi connectivity index (χ0n) is 12.0. The number of hydrogen-bond donors (Lipinski definition) is 2. The van der Waals surface area contributed by atoms with E-state index in [1.807, 2.05) is 6.92 Å². The molecule has 0 bridgehead atoms. The Labute approximate surface area is 126 Å². The lowest BCUT2D eigenvalue weighted by Gasteiger charge is -2.18. The minimum atomic E-state index is -0.787. The molecule has 0 aromatic carbocycles. The highest BCUT2D eigenvalue weighted by atomic mass is 32.2. The first kappa shape index (κ1) is 14.2. The van der Waals surface area contributed by atoms with Crippen LogP contribution in [0.15, 0.2) is 6.07 Å². The van der Waals surface area contributed by atoms with Crippen molar-refractivity contribution >= 4 is 29.5 Å². The Hall–Kier alpha value is -1.76. The topological polar surface area (TPSA) is 82.3 Å². The summed E-state index contributed by atoms with van der Waals surface area (Å²) in [6.07, 6.45) is 0.634. The van der Waals surface area contributed by atoms with Gasteiger partial charge in [-0.25, -0.2) is 4.79 Å². The van der Waals surface area contributed by atoms with E-state index in [0.717, 1.165) is 22.0 Å². The second-order valence-corrected chi connectivity index (χ2v) is 6.73. The standard InChI is InChI=1S/C14H17N3O3S/c1-8-5-10(9(2)15-8)11(18)6-17-12(19)14(16-13(17)20)3-4-21-7-14/h5,15H,3-4,6-7H2,1-2H3,(H,16,20)/t14-/m1/s1. The van der Waals surface area contributed by atoms with Crippen molar-refractivity contribution in [2.24, 2.45) is 0 Å². The van der Waals surface area contributed by atoms with Crippen LogP contribution in [0.3, 0.4) is 0 Å². The second-order valence-electron chi connectivity index (χ2n) is 5.62. The number of aromatic amines is 1. The first-order valence-electron chi connectivity index (χ1n) is 6.84. The third-order valence-corrected chi connectivity index (χ3v) is 5.21. The number of thioether (sulfide) groups is 1. The summed E-state index contributed by atoms with van der Waals surface area (Å²) in [4.78, 5) is 40.9. The number of ketones is 1. The number of carbonyl (C=O) groups is 3. The molecule has 1 aromatic rings. The van der Waals surface area contributed by atoms with E-state index >= 15 is 0 Å². The summed E-state index contributed by atoms with van der Waals surface area (Å²) in [7, 11) is 0. The Bertz CT molecular complexity index is 631. The van der Waals surface area contributed by atoms with E-state index in [0.29, 0.717) is 17.7 Å². The molecule has 1 aromatic heterocycles. The number of nitrogens with zero attached hydrogens (tertiary/aromatic N) is 1. The second kappa shape index (κ2) is 4.91. The van der Waals surface area contributed by atoms with Gasteiger partial charge in [-0.05, 0) is 32.1 Å². The minimum Gasteiger partial charge on any atom is -0.362 e. The van der Waals surface area contributed by atoms with Crippen molar-refractivity contribution in [3.8, 4) is 0 Å². The van der Waals surface area contributed by atoms with Crippen LogP contribution in [0.25, 0.3) is 0 Å². The molecule has 0 saturated carbocycles. The van der Waals surface area contributed by atoms with Gasteiger partial charge in [0.1, 0.15) is 5.54 Å². The maximum Gasteiger partial charge on any atom is 0.325 e. The molecule has 1 spiro atoms. The number of nitrogens with one attached hydrogen (secondary N) is 2. The van der Waals surface area contributed by atoms with Crippen LogP contribution in [-0.4, -0.2) is 51.2 Å². The molecule has 21 heavy (non-hydrogen) atoms. The van der Waals surface area contributed by atoms with Crippen LogP contribution in [0, 0.1) is 13.8 Å². The van der Waals surface area contributed by atoms with Crippen LogP contribution in [0.4, 0.5) is 4.79 Å². The molecule has 0 unspecified atom stereocenters. The van der Waals surface area contributed by atoms with Crippen molar-refractivity contribution in [2.75, 3.05) is 18.1 Å². The first-order valence-corrected chi connectivity index (χ1v) is 8.00. The molecule has 0 aliphatic carbocycles. The molecule has 6 nitrogen and oxygen atoms in total. The summed E-state index contributed by atoms with van der Waals surface area (Å²) < 4.78 is 0. The zero-order valence-corrected chi connectivity index (χ0v) is 12.8. The van der Waals surface area contributed by atoms with Crippen molar-refractivity contribution in [3.05, 3.63) is 23.0 Å². The SMILES string of the molecule is Cc1cc(C(=O)CN2C(=O)N[C@@]3(CCSC3)C2=O)c(C)[nH]1. The van der Waals surface area contributed by atoms with Gasteiger partial charge in [0.15, 0.2) is 5.78 Å². The smallest absolute Gasteiger partial charge is 0.325 e. The van der Waals surface area contributed by atoms with E-state index in [4.69, 9.17) is 0 Å². The lowest BCUT2D eigenvalue weighted by Crippen LogP contribution is -2.47. The van der Waals surface area contributed by atoms with Crippen LogP contribution < -0.4 is 5.32 Å². The maximum absolute atomic E-state index is 12.5. The quantitative estimate of drug-likeness (QED) is 0.650. The molecule has 2 saturated heterocycles. The maximum atomic E-state index is 12.5. The number of carbonyl (C=O) groups excluding carboxylic acids is 3. The number of urea groups is 1. The van der Waals surface area contributed by atoms with Gasteiger partial charge in [-0.3, -0.25) is 14.5 Å². The van der Waals surface area contributed by atoms with Crippen LogP contribution >= 0.6 is 11.8 Å². The molecule has 3 amide bonds. The fourth-order valence-electron chi connectivity index (χ4n) is 2.89. The molecule has 2 aliphatic heterocycles. The van der Waals surface area contributed by atoms with E-state index in [9.17, 15) is 14.4 Å². The average Bonchev–Trinajstić information content (AvgIpc) is 3.07. The predicted molar refractivity (Wildman–Crippen MR) is 79.5 cm³/mol. The molecule has 112 valence electrons. The first-order chi connectivity index (χ1) is 9.93. The summed E-state index contributed by atoms with van der Waals surface area (Å²) in [5.74, 6) is 0.952. The van der Waals surface area contributed by atoms with Crippen LogP contribution in [0.2, 0.25) is 0 Å². The third kappa shape index (κ3) is 2.25. The number of amides is 3. The molecular weight excluding hydrogens is 290 g/mol. The predicted octanol–water partition coefficient (Wildman–Crippen LogP) is 1.24. The minimum absolute atomic E-state index is 0.199. The summed E-state index contributed by atoms with van der Waals surface area (Å²) in [5.41, 5.74) is 1.40. The Morgan fingerprint density at radius 3 is 2.76 bits per heavy atom. The average molecular weight is 307 g/mol. The monoisotopic (exact) mass is 307 g/mol. The van der Waals surface area contributed by atoms with Gasteiger partial charge in [-0.15, -0.1) is 0 Å². The van der Waals surface area contributed by atoms with Crippen molar-refractivity contribution in [1.29, 1.82) is 0 Å². The van der Waals surface area contributed by atoms with Gasteiger partial charge in [0.25, 0.3) is 5.91 Å². The summed E-state index contributed by atoms with van der Waals surface area (Å²) >= 11 is 1.65. The van der Waals surface area contributed by atoms with Gasteiger partial charge in [0.2, 0.25) is 0 Å². The lowest BCUT2D eigenvalue weighted by molar-refractivity contribution is -0.130. The summed E-state index contributed by atoms with van der Waals surface area (Å²) in [5, 5.41) is 2.76. The van der Waals surface area contributed by atoms with E-state index in [2.05, 4.69) is 10.3 Å². The van der Waals surface area contributed by atoms with Gasteiger partial charge in [0.05, 0.1) is 6.54 Å². The Morgan fingerprint density at radius 2 is 2.19 bits per heavy atom. The molecule has 2 fully saturated rings. The number of aryl methyl sites for hydroxylation is 2. The third-order valence-electron chi connectivity index (χ3n) is 4.02. The van der Waals surface area contributed by atoms with Crippen molar-refractivity contribution in [1.82, 2.24) is 15.2 Å². The number of Topliss-reactive ketones (excluding diaryl/α,β-unsaturated/α-hetero) is 1. The van der Waals surface area contributed by atoms with Crippen LogP contribution in [0.5, 0.6) is 0 Å². The number of H-pyrrole nitrogens is 1. The molecule has 2 aliphatic rings. The molecule has 1 atom stereocenters. The van der Waals surface area contributed by atoms with E-state index in [-0.39, 0.29) is 18.2 Å². The van der Waals surface area contributed by atoms with Gasteiger partial charge in [0, 0.05) is 22.7 Å². The van der Waals surface area contributed by atoms with Gasteiger partial charge in [-0.1, -0.05) is 0 Å². The zero-order chi connectivity index (χ0) is 15.2. The fraction of sp³-hybridized carbons (Fsp3) is 0.500. The largest absolute Gasteiger partial charge is 0.362 e. The molecule has 7 heteroatoms. The van der Waals surface area contributed by atoms with E-state index in [1.54, 1.807) is 24.8 Å². The van der Waals surface area contributed by atoms with Crippen molar-refractivity contribution < 1.29 is 14.4 Å². The molecule has 0 radical (unpaired) electrons. The molecular formula is C14H17N3O3S. The fourth-order valence-corrected chi connectivity index (χ4v) is 4.22. The molecule has 3 heterocycles. The van der Waals surface area contributed by atoms with Crippen LogP contribution in [-0.2, 0) is 4.79 Å². The van der Waals surface area contributed by atoms with Crippen molar-refractivity contribution in [3.63, 3.8) is 0 Å². The van der Waals surface area contributed by atoms with E-state index in [1.165, 1.54) is 0 Å². The molecule has 3 rings (SSSR count). The van der Waals surface area contributed by atoms with Crippen molar-refractivity contribution in [2.45, 2.75) is 25.8 Å². The lowest BCUT2D eigenvalue weighted by atomic mass is 9.99. The normalized spacial score (nSPS) is 25.0. The number of hydrogen-bond acceptors (Lipinski definition) is 4. The highest BCUT2D eigenvalue weighted by Crippen LogP contribution is 2.33. The Morgan fingerprint density at radius 1 is 1.43 bits per heavy atom. The summed E-state index contributed by atoms with van der Waals surface area (Å²) in [6.45, 7) is 3.47. The number of rotatable bonds is 3. The Kier molecular flexibility index (Phi) is 3.32. The highest BCUT2D eigenvalue weighted by molar-refractivity contribution is 7.99. The summed E-state index contributed by atoms with van der Waals surface area (Å²) in [6, 6.07) is 1.29. The molecule has 2 N–H and O–H groups in total. The van der Waals surface area contributed by atoms with E-state index < -0.39 is 11.6 Å². The van der Waals surface area contributed by atoms with Gasteiger partial charge in [-0.2, -0.15) is 11.8 Å².